The van der Waals surface area contributed by atoms with Gasteiger partial charge in [-0.25, -0.2) is 14.2 Å². The molecule has 1 aromatic heterocycles. The first-order valence-electron chi connectivity index (χ1n) is 7.64. The number of amides is 2. The summed E-state index contributed by atoms with van der Waals surface area (Å²) in [5.74, 6) is 0.328. The molecular formula is C17H20FN3O4. The van der Waals surface area contributed by atoms with E-state index < -0.39 is 18.0 Å². The van der Waals surface area contributed by atoms with Crippen LogP contribution >= 0.6 is 0 Å². The Labute approximate surface area is 144 Å². The fourth-order valence-electron chi connectivity index (χ4n) is 2.00. The first-order chi connectivity index (χ1) is 12.1. The summed E-state index contributed by atoms with van der Waals surface area (Å²) in [7, 11) is 1.50. The fourth-order valence-corrected chi connectivity index (χ4v) is 2.00. The maximum absolute atomic E-state index is 13.0. The molecule has 1 heterocycles. The highest BCUT2D eigenvalue weighted by atomic mass is 19.1. The van der Waals surface area contributed by atoms with Gasteiger partial charge < -0.3 is 25.2 Å². The van der Waals surface area contributed by atoms with E-state index in [0.29, 0.717) is 11.6 Å². The summed E-state index contributed by atoms with van der Waals surface area (Å²) in [5.41, 5.74) is 0.732. The largest absolute Gasteiger partial charge is 0.491 e. The molecule has 2 rings (SSSR count). The van der Waals surface area contributed by atoms with Gasteiger partial charge in [0.1, 0.15) is 24.3 Å². The topological polar surface area (TPSA) is 92.7 Å². The molecule has 0 aliphatic heterocycles. The molecule has 1 atom stereocenters. The van der Waals surface area contributed by atoms with E-state index in [1.165, 1.54) is 25.3 Å². The van der Waals surface area contributed by atoms with Crippen LogP contribution in [0, 0.1) is 5.82 Å². The van der Waals surface area contributed by atoms with Crippen LogP contribution < -0.4 is 20.1 Å². The third-order valence-corrected chi connectivity index (χ3v) is 3.22. The van der Waals surface area contributed by atoms with Crippen LogP contribution in [-0.2, 0) is 6.54 Å². The van der Waals surface area contributed by atoms with Gasteiger partial charge in [-0.1, -0.05) is 12.1 Å². The minimum absolute atomic E-state index is 0.00861. The van der Waals surface area contributed by atoms with Gasteiger partial charge in [0.25, 0.3) is 0 Å². The number of hydrogen-bond donors (Lipinski definition) is 3. The van der Waals surface area contributed by atoms with Crippen LogP contribution in [0.4, 0.5) is 9.18 Å². The Balaban J connectivity index is 1.68. The van der Waals surface area contributed by atoms with E-state index in [9.17, 15) is 14.3 Å². The van der Waals surface area contributed by atoms with Crippen molar-refractivity contribution in [1.29, 1.82) is 0 Å². The average Bonchev–Trinajstić information content (AvgIpc) is 2.63. The molecule has 134 valence electrons. The molecule has 0 bridgehead atoms. The van der Waals surface area contributed by atoms with Crippen LogP contribution in [0.1, 0.15) is 5.56 Å². The Morgan fingerprint density at radius 3 is 2.92 bits per heavy atom. The van der Waals surface area contributed by atoms with Crippen molar-refractivity contribution < 1.29 is 23.8 Å². The number of nitrogens with zero attached hydrogens (tertiary/aromatic N) is 1. The summed E-state index contributed by atoms with van der Waals surface area (Å²) >= 11 is 0. The van der Waals surface area contributed by atoms with Crippen LogP contribution in [0.5, 0.6) is 11.6 Å². The smallest absolute Gasteiger partial charge is 0.315 e. The van der Waals surface area contributed by atoms with Gasteiger partial charge in [-0.15, -0.1) is 0 Å². The summed E-state index contributed by atoms with van der Waals surface area (Å²) < 4.78 is 23.3. The summed E-state index contributed by atoms with van der Waals surface area (Å²) in [6, 6.07) is 8.68. The molecule has 0 aliphatic rings. The van der Waals surface area contributed by atoms with Gasteiger partial charge in [0, 0.05) is 30.9 Å². The monoisotopic (exact) mass is 349 g/mol. The van der Waals surface area contributed by atoms with Crippen molar-refractivity contribution in [2.75, 3.05) is 20.3 Å². The number of halogens is 1. The van der Waals surface area contributed by atoms with Crippen molar-refractivity contribution in [3.05, 3.63) is 54.0 Å². The number of hydrogen-bond acceptors (Lipinski definition) is 5. The van der Waals surface area contributed by atoms with Crippen LogP contribution in [0.25, 0.3) is 0 Å². The van der Waals surface area contributed by atoms with E-state index in [1.807, 2.05) is 0 Å². The first kappa shape index (κ1) is 18.5. The van der Waals surface area contributed by atoms with Crippen molar-refractivity contribution in [3.63, 3.8) is 0 Å². The van der Waals surface area contributed by atoms with Crippen LogP contribution in [-0.4, -0.2) is 42.5 Å². The number of carbonyl (C=O) groups is 1. The number of benzene rings is 1. The number of aliphatic hydroxyl groups excluding tert-OH is 1. The molecule has 25 heavy (non-hydrogen) atoms. The van der Waals surface area contributed by atoms with Crippen LogP contribution in [0.15, 0.2) is 42.6 Å². The van der Waals surface area contributed by atoms with Gasteiger partial charge in [0.2, 0.25) is 5.88 Å². The summed E-state index contributed by atoms with van der Waals surface area (Å²) in [6.07, 6.45) is 0.666. The number of aromatic nitrogens is 1. The Bertz CT molecular complexity index is 699. The second kappa shape index (κ2) is 9.43. The number of urea groups is 1. The zero-order valence-corrected chi connectivity index (χ0v) is 13.7. The van der Waals surface area contributed by atoms with Gasteiger partial charge in [0.05, 0.1) is 7.11 Å². The third-order valence-electron chi connectivity index (χ3n) is 3.22. The van der Waals surface area contributed by atoms with Crippen molar-refractivity contribution in [2.24, 2.45) is 0 Å². The minimum Gasteiger partial charge on any atom is -0.491 e. The fraction of sp³-hybridized carbons (Fsp3) is 0.294. The summed E-state index contributed by atoms with van der Waals surface area (Å²) in [6.45, 7) is 0.157. The Hall–Kier alpha value is -2.87. The van der Waals surface area contributed by atoms with E-state index in [0.717, 1.165) is 5.56 Å². The quantitative estimate of drug-likeness (QED) is 0.671. The first-order valence-corrected chi connectivity index (χ1v) is 7.64. The zero-order chi connectivity index (χ0) is 18.1. The number of methoxy groups -OCH3 is 1. The molecule has 7 nitrogen and oxygen atoms in total. The van der Waals surface area contributed by atoms with E-state index in [1.54, 1.807) is 24.4 Å². The van der Waals surface area contributed by atoms with Crippen LogP contribution in [0.3, 0.4) is 0 Å². The average molecular weight is 349 g/mol. The highest BCUT2D eigenvalue weighted by Crippen LogP contribution is 2.13. The van der Waals surface area contributed by atoms with Gasteiger partial charge >= 0.3 is 6.03 Å². The van der Waals surface area contributed by atoms with Crippen molar-refractivity contribution in [1.82, 2.24) is 15.6 Å². The highest BCUT2D eigenvalue weighted by molar-refractivity contribution is 5.73. The lowest BCUT2D eigenvalue weighted by molar-refractivity contribution is 0.107. The lowest BCUT2D eigenvalue weighted by atomic mass is 10.2. The maximum atomic E-state index is 13.0. The number of ether oxygens (including phenoxy) is 2. The number of aliphatic hydroxyl groups is 1. The number of pyridine rings is 1. The van der Waals surface area contributed by atoms with E-state index in [4.69, 9.17) is 9.47 Å². The molecule has 0 spiro atoms. The summed E-state index contributed by atoms with van der Waals surface area (Å²) in [5, 5.41) is 15.0. The molecule has 2 aromatic rings. The van der Waals surface area contributed by atoms with E-state index in [2.05, 4.69) is 15.6 Å². The Morgan fingerprint density at radius 2 is 2.16 bits per heavy atom. The predicted octanol–water partition coefficient (Wildman–Crippen LogP) is 1.47. The molecule has 0 saturated heterocycles. The normalized spacial score (nSPS) is 11.5. The molecule has 3 N–H and O–H groups in total. The van der Waals surface area contributed by atoms with Gasteiger partial charge in [0.15, 0.2) is 0 Å². The van der Waals surface area contributed by atoms with Gasteiger partial charge in [-0.05, 0) is 18.2 Å². The zero-order valence-electron chi connectivity index (χ0n) is 13.7. The second-order valence-corrected chi connectivity index (χ2v) is 5.16. The molecule has 2 amide bonds. The maximum Gasteiger partial charge on any atom is 0.315 e. The SMILES string of the molecule is COc1ncccc1CNC(=O)NC[C@@H](O)COc1cccc(F)c1. The molecule has 0 aliphatic carbocycles. The lowest BCUT2D eigenvalue weighted by Crippen LogP contribution is -2.41. The molecular weight excluding hydrogens is 329 g/mol. The predicted molar refractivity (Wildman–Crippen MR) is 88.9 cm³/mol. The Morgan fingerprint density at radius 1 is 1.32 bits per heavy atom. The molecule has 8 heteroatoms. The lowest BCUT2D eigenvalue weighted by Gasteiger charge is -2.14. The third kappa shape index (κ3) is 6.27. The summed E-state index contributed by atoms with van der Waals surface area (Å²) in [4.78, 5) is 15.8. The minimum atomic E-state index is -0.929. The van der Waals surface area contributed by atoms with E-state index in [-0.39, 0.29) is 19.7 Å². The number of rotatable bonds is 8. The number of carbonyl (C=O) groups excluding carboxylic acids is 1. The molecule has 0 unspecified atom stereocenters. The van der Waals surface area contributed by atoms with Crippen molar-refractivity contribution in [2.45, 2.75) is 12.6 Å². The standard InChI is InChI=1S/C17H20FN3O4/c1-24-16-12(4-3-7-19-16)9-20-17(23)21-10-14(22)11-25-15-6-2-5-13(18)8-15/h2-8,14,22H,9-11H2,1H3,(H2,20,21,23)/t14-/m1/s1. The molecule has 1 aromatic carbocycles. The van der Waals surface area contributed by atoms with Gasteiger partial charge in [-0.3, -0.25) is 0 Å². The van der Waals surface area contributed by atoms with Crippen molar-refractivity contribution >= 4 is 6.03 Å². The highest BCUT2D eigenvalue weighted by Gasteiger charge is 2.09. The van der Waals surface area contributed by atoms with Gasteiger partial charge in [-0.2, -0.15) is 0 Å². The molecule has 0 fully saturated rings. The molecule has 0 radical (unpaired) electrons. The van der Waals surface area contributed by atoms with Crippen molar-refractivity contribution in [3.8, 4) is 11.6 Å². The second-order valence-electron chi connectivity index (χ2n) is 5.16. The molecule has 0 saturated carbocycles. The van der Waals surface area contributed by atoms with Crippen LogP contribution in [0.2, 0.25) is 0 Å². The van der Waals surface area contributed by atoms with E-state index >= 15 is 0 Å². The number of nitrogens with one attached hydrogen (secondary N) is 2. The Kier molecular flexibility index (Phi) is 6.97.